The molecule has 150 valence electrons. The van der Waals surface area contributed by atoms with Crippen LogP contribution in [0.3, 0.4) is 0 Å². The Bertz CT molecular complexity index is 1130. The van der Waals surface area contributed by atoms with Crippen molar-refractivity contribution in [3.05, 3.63) is 94.8 Å². The highest BCUT2D eigenvalue weighted by Gasteiger charge is 2.24. The summed E-state index contributed by atoms with van der Waals surface area (Å²) in [6.45, 7) is 0.266. The smallest absolute Gasteiger partial charge is 0.264 e. The minimum Gasteiger partial charge on any atom is -0.348 e. The van der Waals surface area contributed by atoms with Crippen LogP contribution in [-0.4, -0.2) is 21.4 Å². The van der Waals surface area contributed by atoms with Crippen molar-refractivity contribution in [1.82, 2.24) is 5.32 Å². The topological polar surface area (TPSA) is 66.5 Å². The number of carbonyl (C=O) groups is 1. The summed E-state index contributed by atoms with van der Waals surface area (Å²) in [4.78, 5) is 12.3. The van der Waals surface area contributed by atoms with Gasteiger partial charge in [0.15, 0.2) is 0 Å². The molecule has 0 aliphatic carbocycles. The van der Waals surface area contributed by atoms with E-state index in [1.54, 1.807) is 30.3 Å². The second kappa shape index (κ2) is 8.63. The van der Waals surface area contributed by atoms with Gasteiger partial charge in [0.25, 0.3) is 15.9 Å². The number of benzene rings is 3. The standard InChI is InChI=1S/C21H18ClFN2O3S/c1-25(20-8-3-2-7-19(20)23)29(27,28)18-6-4-5-16(13-18)21(26)24-14-15-9-11-17(22)12-10-15/h2-13H,14H2,1H3,(H,24,26). The molecule has 0 fully saturated rings. The van der Waals surface area contributed by atoms with Crippen LogP contribution in [0.1, 0.15) is 15.9 Å². The highest BCUT2D eigenvalue weighted by molar-refractivity contribution is 7.92. The average molecular weight is 433 g/mol. The lowest BCUT2D eigenvalue weighted by Crippen LogP contribution is -2.28. The maximum atomic E-state index is 14.0. The summed E-state index contributed by atoms with van der Waals surface area (Å²) in [6, 6.07) is 18.2. The molecule has 3 rings (SSSR count). The monoisotopic (exact) mass is 432 g/mol. The molecule has 0 heterocycles. The van der Waals surface area contributed by atoms with Crippen LogP contribution in [0.15, 0.2) is 77.7 Å². The summed E-state index contributed by atoms with van der Waals surface area (Å²) in [6.07, 6.45) is 0. The molecule has 3 aromatic rings. The predicted molar refractivity (Wildman–Crippen MR) is 111 cm³/mol. The lowest BCUT2D eigenvalue weighted by atomic mass is 10.2. The molecule has 3 aromatic carbocycles. The fourth-order valence-electron chi connectivity index (χ4n) is 2.68. The summed E-state index contributed by atoms with van der Waals surface area (Å²) in [5, 5.41) is 3.33. The zero-order chi connectivity index (χ0) is 21.0. The minimum atomic E-state index is -4.04. The van der Waals surface area contributed by atoms with Gasteiger partial charge in [0, 0.05) is 24.2 Å². The Morgan fingerprint density at radius 3 is 2.41 bits per heavy atom. The fraction of sp³-hybridized carbons (Fsp3) is 0.0952. The molecular weight excluding hydrogens is 415 g/mol. The van der Waals surface area contributed by atoms with Crippen molar-refractivity contribution in [3.8, 4) is 0 Å². The number of rotatable bonds is 6. The molecule has 0 saturated carbocycles. The second-order valence-electron chi connectivity index (χ2n) is 6.26. The van der Waals surface area contributed by atoms with E-state index in [1.807, 2.05) is 0 Å². The summed E-state index contributed by atoms with van der Waals surface area (Å²) in [5.41, 5.74) is 0.956. The van der Waals surface area contributed by atoms with Crippen LogP contribution in [0.5, 0.6) is 0 Å². The van der Waals surface area contributed by atoms with Crippen molar-refractivity contribution < 1.29 is 17.6 Å². The Labute approximate surface area is 173 Å². The van der Waals surface area contributed by atoms with E-state index in [0.29, 0.717) is 5.02 Å². The molecular formula is C21H18ClFN2O3S. The zero-order valence-electron chi connectivity index (χ0n) is 15.5. The SMILES string of the molecule is CN(c1ccccc1F)S(=O)(=O)c1cccc(C(=O)NCc2ccc(Cl)cc2)c1. The molecule has 0 unspecified atom stereocenters. The number of nitrogens with one attached hydrogen (secondary N) is 1. The number of nitrogens with zero attached hydrogens (tertiary/aromatic N) is 1. The van der Waals surface area contributed by atoms with E-state index in [9.17, 15) is 17.6 Å². The molecule has 0 aromatic heterocycles. The Morgan fingerprint density at radius 2 is 1.72 bits per heavy atom. The van der Waals surface area contributed by atoms with Gasteiger partial charge < -0.3 is 5.32 Å². The van der Waals surface area contributed by atoms with Crippen molar-refractivity contribution in [2.24, 2.45) is 0 Å². The fourth-order valence-corrected chi connectivity index (χ4v) is 4.05. The van der Waals surface area contributed by atoms with Crippen molar-refractivity contribution in [2.75, 3.05) is 11.4 Å². The van der Waals surface area contributed by atoms with Gasteiger partial charge in [-0.2, -0.15) is 0 Å². The molecule has 0 atom stereocenters. The highest BCUT2D eigenvalue weighted by Crippen LogP contribution is 2.25. The van der Waals surface area contributed by atoms with Crippen molar-refractivity contribution in [1.29, 1.82) is 0 Å². The number of hydrogen-bond donors (Lipinski definition) is 1. The Kier molecular flexibility index (Phi) is 6.20. The lowest BCUT2D eigenvalue weighted by Gasteiger charge is -2.20. The maximum absolute atomic E-state index is 14.0. The third kappa shape index (κ3) is 4.75. The van der Waals surface area contributed by atoms with Crippen LogP contribution in [0, 0.1) is 5.82 Å². The molecule has 29 heavy (non-hydrogen) atoms. The summed E-state index contributed by atoms with van der Waals surface area (Å²) in [7, 11) is -2.78. The van der Waals surface area contributed by atoms with Crippen LogP contribution < -0.4 is 9.62 Å². The number of hydrogen-bond acceptors (Lipinski definition) is 3. The van der Waals surface area contributed by atoms with Crippen LogP contribution in [-0.2, 0) is 16.6 Å². The third-order valence-corrected chi connectivity index (χ3v) is 6.33. The van der Waals surface area contributed by atoms with Crippen LogP contribution in [0.25, 0.3) is 0 Å². The molecule has 0 spiro atoms. The van der Waals surface area contributed by atoms with Gasteiger partial charge in [-0.1, -0.05) is 41.9 Å². The van der Waals surface area contributed by atoms with E-state index in [0.717, 1.165) is 9.87 Å². The molecule has 0 saturated heterocycles. The molecule has 0 aliphatic rings. The quantitative estimate of drug-likeness (QED) is 0.633. The van der Waals surface area contributed by atoms with E-state index >= 15 is 0 Å². The van der Waals surface area contributed by atoms with Crippen LogP contribution >= 0.6 is 11.6 Å². The van der Waals surface area contributed by atoms with E-state index in [2.05, 4.69) is 5.32 Å². The molecule has 0 bridgehead atoms. The van der Waals surface area contributed by atoms with Gasteiger partial charge >= 0.3 is 0 Å². The van der Waals surface area contributed by atoms with Gasteiger partial charge in [0.2, 0.25) is 0 Å². The number of sulfonamides is 1. The van der Waals surface area contributed by atoms with Crippen LogP contribution in [0.4, 0.5) is 10.1 Å². The molecule has 1 amide bonds. The molecule has 5 nitrogen and oxygen atoms in total. The van der Waals surface area contributed by atoms with Gasteiger partial charge in [-0.15, -0.1) is 0 Å². The van der Waals surface area contributed by atoms with E-state index in [4.69, 9.17) is 11.6 Å². The molecule has 1 N–H and O–H groups in total. The van der Waals surface area contributed by atoms with Gasteiger partial charge in [0.05, 0.1) is 10.6 Å². The van der Waals surface area contributed by atoms with Gasteiger partial charge in [-0.3, -0.25) is 9.10 Å². The number of para-hydroxylation sites is 1. The number of anilines is 1. The first-order chi connectivity index (χ1) is 13.8. The Hall–Kier alpha value is -2.90. The molecule has 0 radical (unpaired) electrons. The highest BCUT2D eigenvalue weighted by atomic mass is 35.5. The number of carbonyl (C=O) groups excluding carboxylic acids is 1. The first-order valence-corrected chi connectivity index (χ1v) is 10.5. The first kappa shape index (κ1) is 20.8. The average Bonchev–Trinajstić information content (AvgIpc) is 2.73. The Balaban J connectivity index is 1.80. The lowest BCUT2D eigenvalue weighted by molar-refractivity contribution is 0.0950. The molecule has 0 aliphatic heterocycles. The summed E-state index contributed by atoms with van der Waals surface area (Å²) >= 11 is 5.84. The minimum absolute atomic E-state index is 0.0786. The van der Waals surface area contributed by atoms with Gasteiger partial charge in [-0.25, -0.2) is 12.8 Å². The second-order valence-corrected chi connectivity index (χ2v) is 8.67. The number of halogens is 2. The predicted octanol–water partition coefficient (Wildman–Crippen LogP) is 4.23. The van der Waals surface area contributed by atoms with E-state index < -0.39 is 21.7 Å². The first-order valence-electron chi connectivity index (χ1n) is 8.65. The van der Waals surface area contributed by atoms with Crippen molar-refractivity contribution in [2.45, 2.75) is 11.4 Å². The summed E-state index contributed by atoms with van der Waals surface area (Å²) < 4.78 is 40.6. The zero-order valence-corrected chi connectivity index (χ0v) is 17.0. The van der Waals surface area contributed by atoms with E-state index in [1.165, 1.54) is 49.5 Å². The number of amides is 1. The van der Waals surface area contributed by atoms with Crippen LogP contribution in [0.2, 0.25) is 5.02 Å². The van der Waals surface area contributed by atoms with Crippen molar-refractivity contribution >= 4 is 33.2 Å². The Morgan fingerprint density at radius 1 is 1.03 bits per heavy atom. The largest absolute Gasteiger partial charge is 0.348 e. The van der Waals surface area contributed by atoms with E-state index in [-0.39, 0.29) is 22.7 Å². The van der Waals surface area contributed by atoms with Gasteiger partial charge in [-0.05, 0) is 48.0 Å². The normalized spacial score (nSPS) is 11.1. The third-order valence-electron chi connectivity index (χ3n) is 4.31. The maximum Gasteiger partial charge on any atom is 0.264 e. The van der Waals surface area contributed by atoms with Crippen molar-refractivity contribution in [3.63, 3.8) is 0 Å². The molecule has 8 heteroatoms. The summed E-state index contributed by atoms with van der Waals surface area (Å²) in [5.74, 6) is -1.08. The van der Waals surface area contributed by atoms with Gasteiger partial charge in [0.1, 0.15) is 5.82 Å².